The Kier molecular flexibility index (Phi) is 4.78. The second kappa shape index (κ2) is 6.79. The van der Waals surface area contributed by atoms with Gasteiger partial charge >= 0.3 is 0 Å². The molecule has 1 saturated heterocycles. The molecule has 1 fully saturated rings. The summed E-state index contributed by atoms with van der Waals surface area (Å²) in [4.78, 5) is 23.2. The van der Waals surface area contributed by atoms with Crippen molar-refractivity contribution < 1.29 is 4.79 Å². The molecule has 3 heterocycles. The van der Waals surface area contributed by atoms with Gasteiger partial charge in [0.1, 0.15) is 5.82 Å². The molecule has 2 aliphatic rings. The summed E-state index contributed by atoms with van der Waals surface area (Å²) in [5.74, 6) is 2.09. The van der Waals surface area contributed by atoms with E-state index in [1.165, 1.54) is 12.2 Å². The Morgan fingerprint density at radius 2 is 2.14 bits per heavy atom. The number of piperazine rings is 1. The fourth-order valence-corrected chi connectivity index (χ4v) is 3.48. The van der Waals surface area contributed by atoms with Crippen molar-refractivity contribution in [1.29, 1.82) is 0 Å². The highest BCUT2D eigenvalue weighted by atomic mass is 16.2. The fourth-order valence-electron chi connectivity index (χ4n) is 3.48. The molecule has 0 spiro atoms. The van der Waals surface area contributed by atoms with Crippen molar-refractivity contribution in [2.75, 3.05) is 53.4 Å². The maximum Gasteiger partial charge on any atom is 0.236 e. The van der Waals surface area contributed by atoms with E-state index < -0.39 is 0 Å². The number of carbonyl (C=O) groups excluding carboxylic acids is 1. The van der Waals surface area contributed by atoms with Crippen molar-refractivity contribution in [2.24, 2.45) is 5.92 Å². The van der Waals surface area contributed by atoms with Gasteiger partial charge in [0.15, 0.2) is 0 Å². The Morgan fingerprint density at radius 3 is 2.91 bits per heavy atom. The number of amides is 1. The molecule has 1 amide bonds. The van der Waals surface area contributed by atoms with E-state index in [0.717, 1.165) is 45.7 Å². The Labute approximate surface area is 132 Å². The highest BCUT2D eigenvalue weighted by Crippen LogP contribution is 2.19. The second-order valence-electron chi connectivity index (χ2n) is 6.78. The zero-order valence-electron chi connectivity index (χ0n) is 13.7. The molecule has 1 aromatic heterocycles. The Morgan fingerprint density at radius 1 is 1.36 bits per heavy atom. The van der Waals surface area contributed by atoms with Gasteiger partial charge in [-0.05, 0) is 26.4 Å². The normalized spacial score (nSPS) is 22.9. The third-order valence-corrected chi connectivity index (χ3v) is 4.86. The maximum atomic E-state index is 12.4. The molecule has 1 atom stereocenters. The van der Waals surface area contributed by atoms with Gasteiger partial charge in [0, 0.05) is 58.1 Å². The summed E-state index contributed by atoms with van der Waals surface area (Å²) in [6.45, 7) is 6.26. The number of aryl methyl sites for hydroxylation is 1. The quantitative estimate of drug-likeness (QED) is 0.794. The molecule has 6 nitrogen and oxygen atoms in total. The molecule has 0 aliphatic carbocycles. The molecule has 0 bridgehead atoms. The molecule has 1 aromatic rings. The van der Waals surface area contributed by atoms with Gasteiger partial charge in [-0.25, -0.2) is 4.98 Å². The molecular weight excluding hydrogens is 278 g/mol. The van der Waals surface area contributed by atoms with Crippen LogP contribution in [0.25, 0.3) is 0 Å². The lowest BCUT2D eigenvalue weighted by atomic mass is 9.99. The fraction of sp³-hybridized carbons (Fsp3) is 0.750. The lowest BCUT2D eigenvalue weighted by molar-refractivity contribution is -0.133. The molecular formula is C16H27N5O. The largest absolute Gasteiger partial charge is 0.339 e. The summed E-state index contributed by atoms with van der Waals surface area (Å²) in [5, 5.41) is 0. The van der Waals surface area contributed by atoms with Crippen LogP contribution in [-0.4, -0.2) is 83.5 Å². The molecule has 3 rings (SSSR count). The minimum absolute atomic E-state index is 0.273. The van der Waals surface area contributed by atoms with Crippen molar-refractivity contribution in [3.63, 3.8) is 0 Å². The Hall–Kier alpha value is -1.40. The zero-order valence-corrected chi connectivity index (χ0v) is 13.7. The van der Waals surface area contributed by atoms with Crippen LogP contribution in [0.2, 0.25) is 0 Å². The summed E-state index contributed by atoms with van der Waals surface area (Å²) < 4.78 is 2.25. The minimum atomic E-state index is 0.273. The Bertz CT molecular complexity index is 506. The van der Waals surface area contributed by atoms with Crippen molar-refractivity contribution in [3.05, 3.63) is 18.2 Å². The SMILES string of the molecule is CN1CCN(C(=O)CN(C)CC2CCc3nccn3C2)CC1. The summed E-state index contributed by atoms with van der Waals surface area (Å²) >= 11 is 0. The second-order valence-corrected chi connectivity index (χ2v) is 6.78. The summed E-state index contributed by atoms with van der Waals surface area (Å²) in [6.07, 6.45) is 6.18. The van der Waals surface area contributed by atoms with Crippen LogP contribution in [-0.2, 0) is 17.8 Å². The highest BCUT2D eigenvalue weighted by molar-refractivity contribution is 5.78. The molecule has 2 aliphatic heterocycles. The Balaban J connectivity index is 1.44. The van der Waals surface area contributed by atoms with Crippen LogP contribution in [0.3, 0.4) is 0 Å². The van der Waals surface area contributed by atoms with Crippen LogP contribution >= 0.6 is 0 Å². The predicted molar refractivity (Wildman–Crippen MR) is 85.6 cm³/mol. The summed E-state index contributed by atoms with van der Waals surface area (Å²) in [6, 6.07) is 0. The van der Waals surface area contributed by atoms with Crippen molar-refractivity contribution >= 4 is 5.91 Å². The molecule has 122 valence electrons. The van der Waals surface area contributed by atoms with Crippen molar-refractivity contribution in [1.82, 2.24) is 24.3 Å². The van der Waals surface area contributed by atoms with Gasteiger partial charge in [-0.15, -0.1) is 0 Å². The van der Waals surface area contributed by atoms with Gasteiger partial charge in [0.05, 0.1) is 6.54 Å². The van der Waals surface area contributed by atoms with E-state index in [2.05, 4.69) is 39.6 Å². The minimum Gasteiger partial charge on any atom is -0.339 e. The van der Waals surface area contributed by atoms with Gasteiger partial charge in [-0.2, -0.15) is 0 Å². The summed E-state index contributed by atoms with van der Waals surface area (Å²) in [5.41, 5.74) is 0. The lowest BCUT2D eigenvalue weighted by Gasteiger charge is -2.34. The number of hydrogen-bond acceptors (Lipinski definition) is 4. The smallest absolute Gasteiger partial charge is 0.236 e. The first-order valence-electron chi connectivity index (χ1n) is 8.26. The number of carbonyl (C=O) groups is 1. The van der Waals surface area contributed by atoms with Crippen LogP contribution in [0.5, 0.6) is 0 Å². The number of aromatic nitrogens is 2. The van der Waals surface area contributed by atoms with Crippen LogP contribution in [0, 0.1) is 5.92 Å². The van der Waals surface area contributed by atoms with E-state index in [1.807, 2.05) is 11.1 Å². The molecule has 0 saturated carbocycles. The van der Waals surface area contributed by atoms with Crippen LogP contribution in [0.15, 0.2) is 12.4 Å². The number of hydrogen-bond donors (Lipinski definition) is 0. The van der Waals surface area contributed by atoms with Gasteiger partial charge in [0.25, 0.3) is 0 Å². The van der Waals surface area contributed by atoms with Crippen molar-refractivity contribution in [3.8, 4) is 0 Å². The third kappa shape index (κ3) is 3.67. The van der Waals surface area contributed by atoms with Gasteiger partial charge in [-0.3, -0.25) is 9.69 Å². The first kappa shape index (κ1) is 15.5. The molecule has 1 unspecified atom stereocenters. The zero-order chi connectivity index (χ0) is 15.5. The van der Waals surface area contributed by atoms with E-state index >= 15 is 0 Å². The van der Waals surface area contributed by atoms with Gasteiger partial charge < -0.3 is 14.4 Å². The van der Waals surface area contributed by atoms with Crippen LogP contribution in [0.1, 0.15) is 12.2 Å². The van der Waals surface area contributed by atoms with Crippen LogP contribution in [0.4, 0.5) is 0 Å². The number of imidazole rings is 1. The number of likely N-dealkylation sites (N-methyl/N-ethyl adjacent to an activating group) is 2. The highest BCUT2D eigenvalue weighted by Gasteiger charge is 2.23. The first-order chi connectivity index (χ1) is 10.6. The number of nitrogens with zero attached hydrogens (tertiary/aromatic N) is 5. The summed E-state index contributed by atoms with van der Waals surface area (Å²) in [7, 11) is 4.18. The molecule has 0 radical (unpaired) electrons. The standard InChI is InChI=1S/C16H27N5O/c1-18-7-9-20(10-8-18)16(22)13-19(2)11-14-3-4-15-17-5-6-21(15)12-14/h5-6,14H,3-4,7-13H2,1-2H3. The first-order valence-corrected chi connectivity index (χ1v) is 8.26. The predicted octanol–water partition coefficient (Wildman–Crippen LogP) is 0.151. The van der Waals surface area contributed by atoms with E-state index in [4.69, 9.17) is 0 Å². The average molecular weight is 305 g/mol. The lowest BCUT2D eigenvalue weighted by Crippen LogP contribution is -2.50. The maximum absolute atomic E-state index is 12.4. The molecule has 22 heavy (non-hydrogen) atoms. The van der Waals surface area contributed by atoms with E-state index in [-0.39, 0.29) is 5.91 Å². The topological polar surface area (TPSA) is 44.6 Å². The molecule has 0 N–H and O–H groups in total. The average Bonchev–Trinajstić information content (AvgIpc) is 2.95. The van der Waals surface area contributed by atoms with Gasteiger partial charge in [0.2, 0.25) is 5.91 Å². The van der Waals surface area contributed by atoms with E-state index in [1.54, 1.807) is 0 Å². The van der Waals surface area contributed by atoms with E-state index in [0.29, 0.717) is 12.5 Å². The molecule has 0 aromatic carbocycles. The number of fused-ring (bicyclic) bond motifs is 1. The molecule has 6 heteroatoms. The monoisotopic (exact) mass is 305 g/mol. The van der Waals surface area contributed by atoms with Crippen molar-refractivity contribution in [2.45, 2.75) is 19.4 Å². The third-order valence-electron chi connectivity index (χ3n) is 4.86. The van der Waals surface area contributed by atoms with E-state index in [9.17, 15) is 4.79 Å². The van der Waals surface area contributed by atoms with Crippen LogP contribution < -0.4 is 0 Å². The van der Waals surface area contributed by atoms with Gasteiger partial charge in [-0.1, -0.05) is 0 Å². The number of rotatable bonds is 4.